The van der Waals surface area contributed by atoms with Crippen molar-refractivity contribution in [3.8, 4) is 0 Å². The molecule has 1 fully saturated rings. The van der Waals surface area contributed by atoms with Crippen molar-refractivity contribution in [3.63, 3.8) is 0 Å². The molecule has 9 nitrogen and oxygen atoms in total. The van der Waals surface area contributed by atoms with Crippen molar-refractivity contribution in [2.75, 3.05) is 13.2 Å². The molecule has 1 heterocycles. The first-order chi connectivity index (χ1) is 42.8. The van der Waals surface area contributed by atoms with Gasteiger partial charge in [0, 0.05) is 6.42 Å². The van der Waals surface area contributed by atoms with Crippen molar-refractivity contribution < 1.29 is 39.8 Å². The number of nitrogens with one attached hydrogen (secondary N) is 1. The van der Waals surface area contributed by atoms with Gasteiger partial charge in [0.05, 0.1) is 25.4 Å². The number of amides is 1. The van der Waals surface area contributed by atoms with E-state index in [0.29, 0.717) is 6.42 Å². The van der Waals surface area contributed by atoms with Gasteiger partial charge in [-0.15, -0.1) is 0 Å². The van der Waals surface area contributed by atoms with Gasteiger partial charge in [-0.05, 0) is 70.6 Å². The van der Waals surface area contributed by atoms with Gasteiger partial charge in [-0.2, -0.15) is 0 Å². The maximum atomic E-state index is 13.2. The van der Waals surface area contributed by atoms with E-state index in [-0.39, 0.29) is 12.5 Å². The van der Waals surface area contributed by atoms with Gasteiger partial charge in [0.1, 0.15) is 24.4 Å². The highest BCUT2D eigenvalue weighted by molar-refractivity contribution is 5.76. The lowest BCUT2D eigenvalue weighted by atomic mass is 9.99. The summed E-state index contributed by atoms with van der Waals surface area (Å²) in [5.74, 6) is -0.175. The third-order valence-corrected chi connectivity index (χ3v) is 17.5. The minimum Gasteiger partial charge on any atom is -0.394 e. The molecule has 1 amide bonds. The maximum absolute atomic E-state index is 13.2. The highest BCUT2D eigenvalue weighted by atomic mass is 16.7. The number of rotatable bonds is 65. The second kappa shape index (κ2) is 66.3. The number of allylic oxidation sites excluding steroid dienone is 13. The third-order valence-electron chi connectivity index (χ3n) is 17.5. The minimum absolute atomic E-state index is 0.175. The van der Waals surface area contributed by atoms with Crippen LogP contribution in [0.4, 0.5) is 0 Å². The molecular formula is C78H141NO8. The Morgan fingerprint density at radius 2 is 0.713 bits per heavy atom. The SMILES string of the molecule is CC/C=C\C/C=C\C/C=C\C/C=C\C/C=C\C/C=C\CCCCCCCCCCCCCCCCC(=O)NC(COC1OC(CO)C(O)C(O)C1O)C(O)/C=C/CCCCCCCCCCCCCCCCCCCCCCCCCCCCCCC. The first-order valence-corrected chi connectivity index (χ1v) is 37.3. The molecule has 6 N–H and O–H groups in total. The Hall–Kier alpha value is -2.63. The number of hydrogen-bond donors (Lipinski definition) is 6. The summed E-state index contributed by atoms with van der Waals surface area (Å²) in [4.78, 5) is 13.2. The molecule has 87 heavy (non-hydrogen) atoms. The molecule has 506 valence electrons. The van der Waals surface area contributed by atoms with Crippen molar-refractivity contribution in [2.45, 2.75) is 391 Å². The van der Waals surface area contributed by atoms with Gasteiger partial charge < -0.3 is 40.3 Å². The molecule has 7 unspecified atom stereocenters. The van der Waals surface area contributed by atoms with Crippen LogP contribution in [0.3, 0.4) is 0 Å². The summed E-state index contributed by atoms with van der Waals surface area (Å²) in [6.07, 6.45) is 88.4. The summed E-state index contributed by atoms with van der Waals surface area (Å²) in [7, 11) is 0. The molecule has 0 bridgehead atoms. The molecule has 0 radical (unpaired) electrons. The minimum atomic E-state index is -1.57. The highest BCUT2D eigenvalue weighted by Crippen LogP contribution is 2.23. The van der Waals surface area contributed by atoms with Crippen molar-refractivity contribution in [3.05, 3.63) is 85.1 Å². The molecule has 0 aromatic heterocycles. The zero-order chi connectivity index (χ0) is 62.8. The fourth-order valence-electron chi connectivity index (χ4n) is 11.7. The van der Waals surface area contributed by atoms with Crippen LogP contribution in [0.1, 0.15) is 348 Å². The Kier molecular flexibility index (Phi) is 62.8. The highest BCUT2D eigenvalue weighted by Gasteiger charge is 2.44. The normalized spacial score (nSPS) is 18.4. The molecule has 1 saturated heterocycles. The van der Waals surface area contributed by atoms with Crippen LogP contribution >= 0.6 is 0 Å². The maximum Gasteiger partial charge on any atom is 0.220 e. The number of aliphatic hydroxyl groups excluding tert-OH is 5. The van der Waals surface area contributed by atoms with Crippen LogP contribution in [0, 0.1) is 0 Å². The van der Waals surface area contributed by atoms with E-state index in [1.165, 1.54) is 250 Å². The van der Waals surface area contributed by atoms with Crippen molar-refractivity contribution in [2.24, 2.45) is 0 Å². The van der Waals surface area contributed by atoms with Crippen LogP contribution in [0.5, 0.6) is 0 Å². The van der Waals surface area contributed by atoms with Gasteiger partial charge in [-0.1, -0.05) is 356 Å². The van der Waals surface area contributed by atoms with Crippen molar-refractivity contribution in [1.29, 1.82) is 0 Å². The van der Waals surface area contributed by atoms with Gasteiger partial charge >= 0.3 is 0 Å². The Morgan fingerprint density at radius 3 is 1.06 bits per heavy atom. The van der Waals surface area contributed by atoms with E-state index in [4.69, 9.17) is 9.47 Å². The van der Waals surface area contributed by atoms with E-state index < -0.39 is 49.5 Å². The Morgan fingerprint density at radius 1 is 0.402 bits per heavy atom. The Balaban J connectivity index is 2.11. The van der Waals surface area contributed by atoms with E-state index in [1.807, 2.05) is 6.08 Å². The van der Waals surface area contributed by atoms with Crippen molar-refractivity contribution in [1.82, 2.24) is 5.32 Å². The number of aliphatic hydroxyl groups is 5. The van der Waals surface area contributed by atoms with Crippen LogP contribution in [0.2, 0.25) is 0 Å². The fraction of sp³-hybridized carbons (Fsp3) is 0.808. The molecule has 0 aliphatic carbocycles. The van der Waals surface area contributed by atoms with Crippen LogP contribution in [-0.4, -0.2) is 87.5 Å². The summed E-state index contributed by atoms with van der Waals surface area (Å²) in [6, 6.07) is -0.811. The quantitative estimate of drug-likeness (QED) is 0.0261. The molecular weight excluding hydrogens is 1080 g/mol. The zero-order valence-electron chi connectivity index (χ0n) is 56.8. The van der Waals surface area contributed by atoms with Crippen LogP contribution in [-0.2, 0) is 14.3 Å². The number of carbonyl (C=O) groups is 1. The predicted molar refractivity (Wildman–Crippen MR) is 373 cm³/mol. The van der Waals surface area contributed by atoms with Gasteiger partial charge in [0.15, 0.2) is 6.29 Å². The number of hydrogen-bond acceptors (Lipinski definition) is 8. The number of ether oxygens (including phenoxy) is 2. The fourth-order valence-corrected chi connectivity index (χ4v) is 11.7. The first kappa shape index (κ1) is 82.4. The summed E-state index contributed by atoms with van der Waals surface area (Å²) in [5, 5.41) is 54.9. The van der Waals surface area contributed by atoms with Gasteiger partial charge in [-0.3, -0.25) is 4.79 Å². The Labute approximate surface area is 537 Å². The lowest BCUT2D eigenvalue weighted by molar-refractivity contribution is -0.302. The second-order valence-electron chi connectivity index (χ2n) is 25.7. The monoisotopic (exact) mass is 1220 g/mol. The van der Waals surface area contributed by atoms with E-state index in [2.05, 4.69) is 92.1 Å². The van der Waals surface area contributed by atoms with Gasteiger partial charge in [0.2, 0.25) is 5.91 Å². The average Bonchev–Trinajstić information content (AvgIpc) is 3.38. The average molecular weight is 1220 g/mol. The van der Waals surface area contributed by atoms with E-state index in [9.17, 15) is 30.3 Å². The molecule has 1 aliphatic rings. The van der Waals surface area contributed by atoms with E-state index >= 15 is 0 Å². The zero-order valence-corrected chi connectivity index (χ0v) is 56.8. The Bertz CT molecular complexity index is 1650. The molecule has 0 aromatic rings. The van der Waals surface area contributed by atoms with E-state index in [0.717, 1.165) is 77.0 Å². The van der Waals surface area contributed by atoms with Crippen LogP contribution < -0.4 is 5.32 Å². The van der Waals surface area contributed by atoms with Crippen LogP contribution in [0.25, 0.3) is 0 Å². The van der Waals surface area contributed by atoms with Crippen LogP contribution in [0.15, 0.2) is 85.1 Å². The molecule has 9 heteroatoms. The summed E-state index contributed by atoms with van der Waals surface area (Å²) >= 11 is 0. The molecule has 1 aliphatic heterocycles. The van der Waals surface area contributed by atoms with Crippen molar-refractivity contribution >= 4 is 5.91 Å². The first-order valence-electron chi connectivity index (χ1n) is 37.3. The summed E-state index contributed by atoms with van der Waals surface area (Å²) < 4.78 is 11.3. The topological polar surface area (TPSA) is 149 Å². The largest absolute Gasteiger partial charge is 0.394 e. The number of carbonyl (C=O) groups excluding carboxylic acids is 1. The van der Waals surface area contributed by atoms with Gasteiger partial charge in [0.25, 0.3) is 0 Å². The second-order valence-corrected chi connectivity index (χ2v) is 25.7. The molecule has 0 spiro atoms. The molecule has 7 atom stereocenters. The standard InChI is InChI=1S/C78H141NO8/c1-3-5-7-9-11-13-15-17-19-21-23-25-27-29-31-33-35-36-38-40-42-44-46-48-50-52-54-56-58-60-62-64-66-68-74(82)79-71(70-86-78-77(85)76(84)75(83)73(69-80)87-78)72(81)67-65-63-61-59-57-55-53-51-49-47-45-43-41-39-37-34-32-30-28-26-24-22-20-18-16-14-12-10-8-6-4-2/h5,7,11,13,17,19,23,25,29,31,35-36,65,67,71-73,75-78,80-81,83-85H,3-4,6,8-10,12,14-16,18,20-22,24,26-28,30,32-34,37-64,66,68-70H2,1-2H3,(H,79,82)/b7-5-,13-11-,19-17-,25-23-,31-29-,36-35-,67-65+. The molecule has 1 rings (SSSR count). The van der Waals surface area contributed by atoms with E-state index in [1.54, 1.807) is 6.08 Å². The summed E-state index contributed by atoms with van der Waals surface area (Å²) in [5.41, 5.74) is 0. The van der Waals surface area contributed by atoms with Gasteiger partial charge in [-0.25, -0.2) is 0 Å². The number of unbranched alkanes of at least 4 members (excludes halogenated alkanes) is 43. The predicted octanol–water partition coefficient (Wildman–Crippen LogP) is 20.9. The summed E-state index contributed by atoms with van der Waals surface area (Å²) in [6.45, 7) is 3.71. The lowest BCUT2D eigenvalue weighted by Crippen LogP contribution is -2.60. The molecule has 0 aromatic carbocycles. The smallest absolute Gasteiger partial charge is 0.220 e. The lowest BCUT2D eigenvalue weighted by Gasteiger charge is -2.40. The molecule has 0 saturated carbocycles. The third kappa shape index (κ3) is 54.8.